The second kappa shape index (κ2) is 5.90. The number of Topliss-reactive ketones (excluding diaryl/α,β-unsaturated/α-hetero) is 1. The van der Waals surface area contributed by atoms with Gasteiger partial charge in [-0.1, -0.05) is 30.0 Å². The SMILES string of the molecule is Cn1ncc2c(=O)n(-c3ccccc3)c(SC3CCCC3=O)nc21. The highest BCUT2D eigenvalue weighted by Gasteiger charge is 2.28. The van der Waals surface area contributed by atoms with Crippen molar-refractivity contribution in [2.24, 2.45) is 7.05 Å². The van der Waals surface area contributed by atoms with Crippen LogP contribution in [0.4, 0.5) is 0 Å². The lowest BCUT2D eigenvalue weighted by Gasteiger charge is -2.14. The Balaban J connectivity index is 1.93. The standard InChI is InChI=1S/C17H16N4O2S/c1-20-15-12(10-18-20)16(23)21(11-6-3-2-4-7-11)17(19-15)24-14-9-5-8-13(14)22/h2-4,6-7,10,14H,5,8-9H2,1H3. The summed E-state index contributed by atoms with van der Waals surface area (Å²) in [6.45, 7) is 0. The van der Waals surface area contributed by atoms with E-state index in [9.17, 15) is 9.59 Å². The normalized spacial score (nSPS) is 17.7. The van der Waals surface area contributed by atoms with Crippen LogP contribution >= 0.6 is 11.8 Å². The van der Waals surface area contributed by atoms with Crippen LogP contribution in [0.2, 0.25) is 0 Å². The minimum absolute atomic E-state index is 0.127. The minimum Gasteiger partial charge on any atom is -0.298 e. The van der Waals surface area contributed by atoms with Crippen LogP contribution in [0.3, 0.4) is 0 Å². The summed E-state index contributed by atoms with van der Waals surface area (Å²) in [5.41, 5.74) is 1.13. The average Bonchev–Trinajstić information content (AvgIpc) is 3.16. The molecular weight excluding hydrogens is 324 g/mol. The fraction of sp³-hybridized carbons (Fsp3) is 0.294. The molecule has 0 aliphatic heterocycles. The molecule has 0 N–H and O–H groups in total. The maximum absolute atomic E-state index is 13.0. The van der Waals surface area contributed by atoms with Crippen LogP contribution in [0, 0.1) is 0 Å². The van der Waals surface area contributed by atoms with Crippen molar-refractivity contribution in [3.05, 3.63) is 46.9 Å². The molecule has 6 nitrogen and oxygen atoms in total. The molecule has 2 heterocycles. The molecular formula is C17H16N4O2S. The summed E-state index contributed by atoms with van der Waals surface area (Å²) in [5, 5.41) is 5.04. The van der Waals surface area contributed by atoms with Crippen LogP contribution in [0.15, 0.2) is 46.5 Å². The quantitative estimate of drug-likeness (QED) is 0.685. The van der Waals surface area contributed by atoms with Crippen LogP contribution < -0.4 is 5.56 Å². The molecule has 0 saturated heterocycles. The number of carbonyl (C=O) groups excluding carboxylic acids is 1. The number of ketones is 1. The van der Waals surface area contributed by atoms with Crippen LogP contribution in [-0.4, -0.2) is 30.4 Å². The molecule has 1 aliphatic carbocycles. The maximum Gasteiger partial charge on any atom is 0.269 e. The second-order valence-electron chi connectivity index (χ2n) is 5.84. The molecule has 1 aliphatic rings. The van der Waals surface area contributed by atoms with Gasteiger partial charge in [-0.25, -0.2) is 4.98 Å². The molecule has 1 saturated carbocycles. The number of rotatable bonds is 3. The fourth-order valence-corrected chi connectivity index (χ4v) is 4.20. The lowest BCUT2D eigenvalue weighted by Crippen LogP contribution is -2.23. The topological polar surface area (TPSA) is 69.8 Å². The summed E-state index contributed by atoms with van der Waals surface area (Å²) in [7, 11) is 1.76. The number of fused-ring (bicyclic) bond motifs is 1. The third-order valence-corrected chi connectivity index (χ3v) is 5.51. The molecule has 4 rings (SSSR count). The van der Waals surface area contributed by atoms with E-state index < -0.39 is 0 Å². The second-order valence-corrected chi connectivity index (χ2v) is 7.01. The fourth-order valence-electron chi connectivity index (χ4n) is 2.98. The molecule has 0 spiro atoms. The molecule has 7 heteroatoms. The van der Waals surface area contributed by atoms with E-state index in [-0.39, 0.29) is 16.6 Å². The number of hydrogen-bond donors (Lipinski definition) is 0. The summed E-state index contributed by atoms with van der Waals surface area (Å²) in [6, 6.07) is 9.39. The van der Waals surface area contributed by atoms with E-state index in [0.29, 0.717) is 22.6 Å². The van der Waals surface area contributed by atoms with Crippen molar-refractivity contribution in [3.63, 3.8) is 0 Å². The number of benzene rings is 1. The smallest absolute Gasteiger partial charge is 0.269 e. The van der Waals surface area contributed by atoms with Gasteiger partial charge in [-0.3, -0.25) is 18.8 Å². The Bertz CT molecular complexity index is 977. The van der Waals surface area contributed by atoms with Gasteiger partial charge in [0.1, 0.15) is 11.2 Å². The number of aromatic nitrogens is 4. The Morgan fingerprint density at radius 3 is 2.71 bits per heavy atom. The highest BCUT2D eigenvalue weighted by Crippen LogP contribution is 2.32. The van der Waals surface area contributed by atoms with E-state index in [1.54, 1.807) is 22.5 Å². The van der Waals surface area contributed by atoms with Gasteiger partial charge in [0, 0.05) is 13.5 Å². The molecule has 1 unspecified atom stereocenters. The van der Waals surface area contributed by atoms with Crippen molar-refractivity contribution in [2.75, 3.05) is 0 Å². The van der Waals surface area contributed by atoms with E-state index >= 15 is 0 Å². The van der Waals surface area contributed by atoms with Crippen molar-refractivity contribution in [1.82, 2.24) is 19.3 Å². The first-order valence-corrected chi connectivity index (χ1v) is 8.72. The van der Waals surface area contributed by atoms with Gasteiger partial charge in [0.05, 0.1) is 17.1 Å². The third-order valence-electron chi connectivity index (χ3n) is 4.24. The molecule has 1 fully saturated rings. The van der Waals surface area contributed by atoms with Crippen LogP contribution in [0.1, 0.15) is 19.3 Å². The minimum atomic E-state index is -0.160. The van der Waals surface area contributed by atoms with Crippen LogP contribution in [-0.2, 0) is 11.8 Å². The lowest BCUT2D eigenvalue weighted by atomic mass is 10.3. The zero-order valence-electron chi connectivity index (χ0n) is 13.2. The molecule has 2 aromatic heterocycles. The Morgan fingerprint density at radius 1 is 1.21 bits per heavy atom. The highest BCUT2D eigenvalue weighted by atomic mass is 32.2. The Hall–Kier alpha value is -2.41. The van der Waals surface area contributed by atoms with Gasteiger partial charge in [-0.05, 0) is 25.0 Å². The summed E-state index contributed by atoms with van der Waals surface area (Å²) < 4.78 is 3.17. The lowest BCUT2D eigenvalue weighted by molar-refractivity contribution is -0.116. The van der Waals surface area contributed by atoms with Crippen LogP contribution in [0.5, 0.6) is 0 Å². The maximum atomic E-state index is 13.0. The van der Waals surface area contributed by atoms with Gasteiger partial charge in [-0.15, -0.1) is 0 Å². The van der Waals surface area contributed by atoms with E-state index in [2.05, 4.69) is 10.1 Å². The number of carbonyl (C=O) groups is 1. The van der Waals surface area contributed by atoms with Crippen LogP contribution in [0.25, 0.3) is 16.7 Å². The Kier molecular flexibility index (Phi) is 3.72. The Labute approximate surface area is 142 Å². The average molecular weight is 340 g/mol. The summed E-state index contributed by atoms with van der Waals surface area (Å²) in [4.78, 5) is 29.7. The molecule has 122 valence electrons. The van der Waals surface area contributed by atoms with Crippen molar-refractivity contribution >= 4 is 28.6 Å². The van der Waals surface area contributed by atoms with Crippen molar-refractivity contribution < 1.29 is 4.79 Å². The molecule has 24 heavy (non-hydrogen) atoms. The molecule has 1 aromatic carbocycles. The number of nitrogens with zero attached hydrogens (tertiary/aromatic N) is 4. The third kappa shape index (κ3) is 2.45. The van der Waals surface area contributed by atoms with Crippen molar-refractivity contribution in [3.8, 4) is 5.69 Å². The zero-order chi connectivity index (χ0) is 16.7. The van der Waals surface area contributed by atoms with Gasteiger partial charge in [-0.2, -0.15) is 5.10 Å². The summed E-state index contributed by atoms with van der Waals surface area (Å²) >= 11 is 1.38. The zero-order valence-corrected chi connectivity index (χ0v) is 14.0. The van der Waals surface area contributed by atoms with Gasteiger partial charge in [0.25, 0.3) is 5.56 Å². The highest BCUT2D eigenvalue weighted by molar-refractivity contribution is 8.00. The Morgan fingerprint density at radius 2 is 2.00 bits per heavy atom. The first-order valence-electron chi connectivity index (χ1n) is 7.84. The predicted molar refractivity (Wildman–Crippen MR) is 92.6 cm³/mol. The first-order chi connectivity index (χ1) is 11.6. The van der Waals surface area contributed by atoms with E-state index in [0.717, 1.165) is 18.5 Å². The predicted octanol–water partition coefficient (Wildman–Crippen LogP) is 2.33. The van der Waals surface area contributed by atoms with Gasteiger partial charge in [0.2, 0.25) is 0 Å². The monoisotopic (exact) mass is 340 g/mol. The summed E-state index contributed by atoms with van der Waals surface area (Å²) in [5.74, 6) is 0.235. The van der Waals surface area contributed by atoms with Gasteiger partial charge < -0.3 is 0 Å². The van der Waals surface area contributed by atoms with Gasteiger partial charge in [0.15, 0.2) is 10.8 Å². The molecule has 3 aromatic rings. The number of hydrogen-bond acceptors (Lipinski definition) is 5. The molecule has 0 radical (unpaired) electrons. The number of para-hydroxylation sites is 1. The molecule has 1 atom stereocenters. The summed E-state index contributed by atoms with van der Waals surface area (Å²) in [6.07, 6.45) is 3.89. The molecule has 0 amide bonds. The van der Waals surface area contributed by atoms with Crippen molar-refractivity contribution in [1.29, 1.82) is 0 Å². The van der Waals surface area contributed by atoms with Gasteiger partial charge >= 0.3 is 0 Å². The molecule has 0 bridgehead atoms. The number of aryl methyl sites for hydroxylation is 1. The van der Waals surface area contributed by atoms with E-state index in [1.165, 1.54) is 11.8 Å². The van der Waals surface area contributed by atoms with E-state index in [4.69, 9.17) is 0 Å². The largest absolute Gasteiger partial charge is 0.298 e. The van der Waals surface area contributed by atoms with E-state index in [1.807, 2.05) is 30.3 Å². The van der Waals surface area contributed by atoms with Crippen molar-refractivity contribution in [2.45, 2.75) is 29.7 Å². The number of thioether (sulfide) groups is 1. The first kappa shape index (κ1) is 15.1.